The van der Waals surface area contributed by atoms with Gasteiger partial charge in [0.1, 0.15) is 0 Å². The van der Waals surface area contributed by atoms with Crippen LogP contribution in [0.4, 0.5) is 16.2 Å². The lowest BCUT2D eigenvalue weighted by atomic mass is 10.2. The van der Waals surface area contributed by atoms with Gasteiger partial charge in [-0.2, -0.15) is 0 Å². The van der Waals surface area contributed by atoms with Gasteiger partial charge >= 0.3 is 6.09 Å². The lowest BCUT2D eigenvalue weighted by Crippen LogP contribution is -2.16. The number of amides is 1. The minimum absolute atomic E-state index is 0.335. The van der Waals surface area contributed by atoms with Gasteiger partial charge in [0.25, 0.3) is 0 Å². The lowest BCUT2D eigenvalue weighted by molar-refractivity contribution is 0.147. The molecule has 1 rings (SSSR count). The predicted molar refractivity (Wildman–Crippen MR) is 60.7 cm³/mol. The molecule has 0 saturated heterocycles. The Morgan fingerprint density at radius 3 is 2.53 bits per heavy atom. The number of hydrogen-bond donors (Lipinski definition) is 2. The molecule has 0 aliphatic rings. The molecule has 0 heterocycles. The fourth-order valence-electron chi connectivity index (χ4n) is 0.963. The van der Waals surface area contributed by atoms with Gasteiger partial charge in [-0.1, -0.05) is 13.8 Å². The van der Waals surface area contributed by atoms with Crippen LogP contribution in [0.3, 0.4) is 0 Å². The average Bonchev–Trinajstić information content (AvgIpc) is 2.19. The summed E-state index contributed by atoms with van der Waals surface area (Å²) in [5.74, 6) is 0.335. The van der Waals surface area contributed by atoms with Gasteiger partial charge in [0, 0.05) is 11.4 Å². The first-order chi connectivity index (χ1) is 7.08. The number of nitrogens with two attached hydrogens (primary N) is 1. The van der Waals surface area contributed by atoms with E-state index in [0.717, 1.165) is 0 Å². The maximum Gasteiger partial charge on any atom is 0.411 e. The third-order valence-electron chi connectivity index (χ3n) is 1.70. The number of nitrogens with one attached hydrogen (secondary N) is 1. The van der Waals surface area contributed by atoms with Crippen molar-refractivity contribution in [2.75, 3.05) is 17.7 Å². The number of nitrogen functional groups attached to an aromatic ring is 1. The van der Waals surface area contributed by atoms with Crippen LogP contribution < -0.4 is 11.1 Å². The molecule has 3 N–H and O–H groups in total. The summed E-state index contributed by atoms with van der Waals surface area (Å²) < 4.78 is 4.96. The van der Waals surface area contributed by atoms with E-state index in [2.05, 4.69) is 5.32 Å². The zero-order valence-electron chi connectivity index (χ0n) is 8.99. The fraction of sp³-hybridized carbons (Fsp3) is 0.364. The molecule has 0 unspecified atom stereocenters. The number of carbonyl (C=O) groups excluding carboxylic acids is 1. The van der Waals surface area contributed by atoms with Gasteiger partial charge in [-0.05, 0) is 30.2 Å². The second kappa shape index (κ2) is 5.24. The average molecular weight is 208 g/mol. The molecular formula is C11H16N2O2. The van der Waals surface area contributed by atoms with Gasteiger partial charge in [-0.3, -0.25) is 5.32 Å². The van der Waals surface area contributed by atoms with Crippen LogP contribution in [0.25, 0.3) is 0 Å². The first kappa shape index (κ1) is 11.4. The van der Waals surface area contributed by atoms with Crippen molar-refractivity contribution in [1.82, 2.24) is 0 Å². The summed E-state index contributed by atoms with van der Waals surface area (Å²) in [5, 5.41) is 2.61. The first-order valence-corrected chi connectivity index (χ1v) is 4.87. The summed E-state index contributed by atoms with van der Waals surface area (Å²) in [5.41, 5.74) is 6.85. The molecule has 0 aromatic heterocycles. The minimum atomic E-state index is -0.437. The van der Waals surface area contributed by atoms with Crippen LogP contribution in [0.1, 0.15) is 13.8 Å². The molecule has 4 nitrogen and oxygen atoms in total. The largest absolute Gasteiger partial charge is 0.449 e. The molecule has 1 amide bonds. The SMILES string of the molecule is CC(C)COC(=O)Nc1ccc(N)cc1. The quantitative estimate of drug-likeness (QED) is 0.750. The molecule has 15 heavy (non-hydrogen) atoms. The van der Waals surface area contributed by atoms with Crippen LogP contribution in [0, 0.1) is 5.92 Å². The van der Waals surface area contributed by atoms with Crippen molar-refractivity contribution in [3.05, 3.63) is 24.3 Å². The normalized spacial score (nSPS) is 10.1. The van der Waals surface area contributed by atoms with Gasteiger partial charge < -0.3 is 10.5 Å². The number of ether oxygens (including phenoxy) is 1. The summed E-state index contributed by atoms with van der Waals surface area (Å²) in [6.45, 7) is 4.38. The summed E-state index contributed by atoms with van der Waals surface area (Å²) in [6, 6.07) is 6.90. The van der Waals surface area contributed by atoms with Crippen molar-refractivity contribution in [3.8, 4) is 0 Å². The van der Waals surface area contributed by atoms with Crippen molar-refractivity contribution in [2.45, 2.75) is 13.8 Å². The molecule has 4 heteroatoms. The Balaban J connectivity index is 2.41. The maximum atomic E-state index is 11.2. The van der Waals surface area contributed by atoms with Crippen LogP contribution in [0.15, 0.2) is 24.3 Å². The number of rotatable bonds is 3. The monoisotopic (exact) mass is 208 g/mol. The highest BCUT2D eigenvalue weighted by molar-refractivity contribution is 5.84. The van der Waals surface area contributed by atoms with Crippen molar-refractivity contribution >= 4 is 17.5 Å². The van der Waals surface area contributed by atoms with E-state index in [-0.39, 0.29) is 0 Å². The van der Waals surface area contributed by atoms with Crippen LogP contribution in [-0.2, 0) is 4.74 Å². The first-order valence-electron chi connectivity index (χ1n) is 4.87. The van der Waals surface area contributed by atoms with Gasteiger partial charge in [-0.25, -0.2) is 4.79 Å². The molecule has 0 aliphatic carbocycles. The second-order valence-electron chi connectivity index (χ2n) is 3.74. The predicted octanol–water partition coefficient (Wildman–Crippen LogP) is 2.47. The van der Waals surface area contributed by atoms with E-state index in [1.807, 2.05) is 13.8 Å². The highest BCUT2D eigenvalue weighted by atomic mass is 16.5. The number of carbonyl (C=O) groups is 1. The van der Waals surface area contributed by atoms with Gasteiger partial charge in [0.05, 0.1) is 6.61 Å². The Hall–Kier alpha value is -1.71. The van der Waals surface area contributed by atoms with Gasteiger partial charge in [-0.15, -0.1) is 0 Å². The Kier molecular flexibility index (Phi) is 3.97. The maximum absolute atomic E-state index is 11.2. The van der Waals surface area contributed by atoms with Crippen molar-refractivity contribution in [3.63, 3.8) is 0 Å². The van der Waals surface area contributed by atoms with E-state index in [0.29, 0.717) is 23.9 Å². The molecular weight excluding hydrogens is 192 g/mol. The number of hydrogen-bond acceptors (Lipinski definition) is 3. The smallest absolute Gasteiger partial charge is 0.411 e. The zero-order valence-corrected chi connectivity index (χ0v) is 8.99. The fourth-order valence-corrected chi connectivity index (χ4v) is 0.963. The van der Waals surface area contributed by atoms with E-state index in [4.69, 9.17) is 10.5 Å². The number of benzene rings is 1. The zero-order chi connectivity index (χ0) is 11.3. The van der Waals surface area contributed by atoms with E-state index in [1.54, 1.807) is 24.3 Å². The molecule has 0 fully saturated rings. The summed E-state index contributed by atoms with van der Waals surface area (Å²) in [4.78, 5) is 11.2. The second-order valence-corrected chi connectivity index (χ2v) is 3.74. The molecule has 82 valence electrons. The van der Waals surface area contributed by atoms with E-state index in [9.17, 15) is 4.79 Å². The number of anilines is 2. The summed E-state index contributed by atoms with van der Waals surface area (Å²) in [6.07, 6.45) is -0.437. The molecule has 0 atom stereocenters. The van der Waals surface area contributed by atoms with Gasteiger partial charge in [0.2, 0.25) is 0 Å². The summed E-state index contributed by atoms with van der Waals surface area (Å²) >= 11 is 0. The molecule has 0 radical (unpaired) electrons. The Labute approximate surface area is 89.4 Å². The van der Waals surface area contributed by atoms with Crippen LogP contribution in [0.2, 0.25) is 0 Å². The van der Waals surface area contributed by atoms with Crippen LogP contribution in [-0.4, -0.2) is 12.7 Å². The molecule has 1 aromatic rings. The molecule has 0 saturated carbocycles. The van der Waals surface area contributed by atoms with Crippen molar-refractivity contribution in [2.24, 2.45) is 5.92 Å². The van der Waals surface area contributed by atoms with E-state index in [1.165, 1.54) is 0 Å². The molecule has 0 spiro atoms. The lowest BCUT2D eigenvalue weighted by Gasteiger charge is -2.08. The third kappa shape index (κ3) is 4.35. The third-order valence-corrected chi connectivity index (χ3v) is 1.70. The molecule has 0 bridgehead atoms. The van der Waals surface area contributed by atoms with E-state index < -0.39 is 6.09 Å². The van der Waals surface area contributed by atoms with Crippen LogP contribution in [0.5, 0.6) is 0 Å². The Morgan fingerprint density at radius 1 is 1.40 bits per heavy atom. The highest BCUT2D eigenvalue weighted by Crippen LogP contribution is 2.10. The van der Waals surface area contributed by atoms with E-state index >= 15 is 0 Å². The Bertz CT molecular complexity index is 320. The van der Waals surface area contributed by atoms with Crippen molar-refractivity contribution in [1.29, 1.82) is 0 Å². The van der Waals surface area contributed by atoms with Gasteiger partial charge in [0.15, 0.2) is 0 Å². The van der Waals surface area contributed by atoms with Crippen molar-refractivity contribution < 1.29 is 9.53 Å². The topological polar surface area (TPSA) is 64.3 Å². The molecule has 1 aromatic carbocycles. The highest BCUT2D eigenvalue weighted by Gasteiger charge is 2.03. The standard InChI is InChI=1S/C11H16N2O2/c1-8(2)7-15-11(14)13-10-5-3-9(12)4-6-10/h3-6,8H,7,12H2,1-2H3,(H,13,14). The summed E-state index contributed by atoms with van der Waals surface area (Å²) in [7, 11) is 0. The van der Waals surface area contributed by atoms with Crippen LogP contribution >= 0.6 is 0 Å². The molecule has 0 aliphatic heterocycles. The Morgan fingerprint density at radius 2 is 2.00 bits per heavy atom. The minimum Gasteiger partial charge on any atom is -0.449 e.